The molecule has 5 rings (SSSR count). The maximum absolute atomic E-state index is 13.5. The van der Waals surface area contributed by atoms with Crippen molar-refractivity contribution in [3.05, 3.63) is 69.8 Å². The third-order valence-corrected chi connectivity index (χ3v) is 5.91. The number of anilines is 2. The molecule has 3 amide bonds. The van der Waals surface area contributed by atoms with Crippen molar-refractivity contribution >= 4 is 35.0 Å². The maximum atomic E-state index is 13.5. The molecule has 0 fully saturated rings. The molecule has 0 spiro atoms. The van der Waals surface area contributed by atoms with E-state index in [2.05, 4.69) is 25.9 Å². The Hall–Kier alpha value is -4.92. The second-order valence-electron chi connectivity index (χ2n) is 8.50. The van der Waals surface area contributed by atoms with Crippen LogP contribution in [0.3, 0.4) is 0 Å². The van der Waals surface area contributed by atoms with E-state index in [-0.39, 0.29) is 53.4 Å². The lowest BCUT2D eigenvalue weighted by molar-refractivity contribution is -0.116. The van der Waals surface area contributed by atoms with Gasteiger partial charge in [-0.1, -0.05) is 5.16 Å². The Labute approximate surface area is 213 Å². The molecule has 1 atom stereocenters. The van der Waals surface area contributed by atoms with Gasteiger partial charge in [-0.15, -0.1) is 0 Å². The Balaban J connectivity index is 1.57. The lowest BCUT2D eigenvalue weighted by Crippen LogP contribution is -2.37. The van der Waals surface area contributed by atoms with E-state index in [9.17, 15) is 23.6 Å². The molecule has 0 bridgehead atoms. The van der Waals surface area contributed by atoms with Gasteiger partial charge in [0.1, 0.15) is 35.8 Å². The molecule has 1 aliphatic heterocycles. The van der Waals surface area contributed by atoms with Crippen LogP contribution in [0.15, 0.2) is 46.0 Å². The molecular formula is C23H21FN8O6. The van der Waals surface area contributed by atoms with Crippen molar-refractivity contribution in [1.29, 1.82) is 0 Å². The number of ether oxygens (including phenoxy) is 1. The molecule has 1 aliphatic rings. The molecule has 0 radical (unpaired) electrons. The highest BCUT2D eigenvalue weighted by Gasteiger charge is 2.37. The molecule has 0 aromatic carbocycles. The number of halogens is 1. The molecule has 14 nitrogen and oxygen atoms in total. The number of nitrogens with one attached hydrogen (secondary N) is 2. The van der Waals surface area contributed by atoms with Crippen LogP contribution in [0, 0.1) is 5.82 Å². The van der Waals surface area contributed by atoms with E-state index < -0.39 is 35.6 Å². The molecule has 196 valence electrons. The number of aromatic nitrogens is 5. The van der Waals surface area contributed by atoms with E-state index in [4.69, 9.17) is 9.26 Å². The van der Waals surface area contributed by atoms with E-state index in [0.717, 1.165) is 16.8 Å². The minimum atomic E-state index is -0.685. The highest BCUT2D eigenvalue weighted by molar-refractivity contribution is 6.03. The first-order chi connectivity index (χ1) is 18.3. The summed E-state index contributed by atoms with van der Waals surface area (Å²) in [6, 6.07) is 4.76. The van der Waals surface area contributed by atoms with Crippen LogP contribution in [-0.2, 0) is 22.6 Å². The molecule has 38 heavy (non-hydrogen) atoms. The van der Waals surface area contributed by atoms with Crippen molar-refractivity contribution in [3.63, 3.8) is 0 Å². The summed E-state index contributed by atoms with van der Waals surface area (Å²) in [7, 11) is 1.50. The van der Waals surface area contributed by atoms with Gasteiger partial charge in [-0.2, -0.15) is 9.61 Å². The third kappa shape index (κ3) is 4.50. The minimum absolute atomic E-state index is 0.00368. The van der Waals surface area contributed by atoms with Crippen molar-refractivity contribution in [2.75, 3.05) is 24.4 Å². The van der Waals surface area contributed by atoms with Crippen LogP contribution in [0.5, 0.6) is 0 Å². The summed E-state index contributed by atoms with van der Waals surface area (Å²) in [5.74, 6) is -2.12. The maximum Gasteiger partial charge on any atom is 0.280 e. The van der Waals surface area contributed by atoms with Gasteiger partial charge >= 0.3 is 0 Å². The van der Waals surface area contributed by atoms with Gasteiger partial charge < -0.3 is 29.4 Å². The topological polar surface area (TPSA) is 166 Å². The summed E-state index contributed by atoms with van der Waals surface area (Å²) in [5.41, 5.74) is -0.607. The first-order valence-electron chi connectivity index (χ1n) is 11.3. The number of hydrogen-bond acceptors (Lipinski definition) is 9. The number of amides is 3. The molecule has 0 aliphatic carbocycles. The Morgan fingerprint density at radius 2 is 2.03 bits per heavy atom. The molecule has 4 aromatic rings. The number of hydrogen-bond donors (Lipinski definition) is 2. The van der Waals surface area contributed by atoms with Gasteiger partial charge in [0.25, 0.3) is 17.4 Å². The first-order valence-corrected chi connectivity index (χ1v) is 11.3. The number of carbonyl (C=O) groups excluding carboxylic acids is 3. The summed E-state index contributed by atoms with van der Waals surface area (Å²) >= 11 is 0. The fraction of sp³-hybridized carbons (Fsp3) is 0.261. The number of carbonyl (C=O) groups is 3. The Kier molecular flexibility index (Phi) is 6.42. The van der Waals surface area contributed by atoms with Gasteiger partial charge in [0.05, 0.1) is 31.0 Å². The van der Waals surface area contributed by atoms with Gasteiger partial charge in [-0.3, -0.25) is 19.2 Å². The van der Waals surface area contributed by atoms with E-state index in [1.165, 1.54) is 41.0 Å². The highest BCUT2D eigenvalue weighted by Crippen LogP contribution is 2.25. The van der Waals surface area contributed by atoms with Gasteiger partial charge in [0.15, 0.2) is 11.5 Å². The molecule has 15 heteroatoms. The van der Waals surface area contributed by atoms with Crippen molar-refractivity contribution in [2.24, 2.45) is 0 Å². The Bertz CT molecular complexity index is 1590. The molecule has 2 N–H and O–H groups in total. The van der Waals surface area contributed by atoms with Crippen molar-refractivity contribution in [2.45, 2.75) is 26.1 Å². The number of fused-ring (bicyclic) bond motifs is 2. The number of methoxy groups -OCH3 is 1. The minimum Gasteiger partial charge on any atom is -0.383 e. The lowest BCUT2D eigenvalue weighted by atomic mass is 10.2. The van der Waals surface area contributed by atoms with E-state index in [1.54, 1.807) is 6.92 Å². The standard InChI is InChI=1S/C23H21FN8O6/c1-12(11-37-2)30-9-14-20(23(30)36)31(10-18(33)26-16-4-3-13(24)8-25-16)19-7-15(28-32(19)22(14)35)21(34)27-17-5-6-38-29-17/h3-8,12H,9-11H2,1-2H3,(H,25,26,33)(H,27,29,34). The van der Waals surface area contributed by atoms with Gasteiger partial charge in [-0.05, 0) is 19.1 Å². The zero-order chi connectivity index (χ0) is 27.0. The van der Waals surface area contributed by atoms with Crippen molar-refractivity contribution in [1.82, 2.24) is 29.2 Å². The third-order valence-electron chi connectivity index (χ3n) is 5.91. The van der Waals surface area contributed by atoms with Crippen LogP contribution in [0.1, 0.15) is 33.5 Å². The summed E-state index contributed by atoms with van der Waals surface area (Å²) in [6.45, 7) is 1.54. The Morgan fingerprint density at radius 3 is 2.71 bits per heavy atom. The van der Waals surface area contributed by atoms with Crippen molar-refractivity contribution < 1.29 is 28.0 Å². The monoisotopic (exact) mass is 524 g/mol. The van der Waals surface area contributed by atoms with E-state index in [0.29, 0.717) is 0 Å². The fourth-order valence-electron chi connectivity index (χ4n) is 4.18. The molecule has 0 saturated heterocycles. The molecule has 5 heterocycles. The lowest BCUT2D eigenvalue weighted by Gasteiger charge is -2.23. The molecule has 4 aromatic heterocycles. The zero-order valence-corrected chi connectivity index (χ0v) is 20.2. The summed E-state index contributed by atoms with van der Waals surface area (Å²) in [4.78, 5) is 57.8. The summed E-state index contributed by atoms with van der Waals surface area (Å²) in [5, 5.41) is 12.7. The summed E-state index contributed by atoms with van der Waals surface area (Å²) < 4.78 is 25.3. The van der Waals surface area contributed by atoms with Crippen LogP contribution in [0.4, 0.5) is 16.0 Å². The predicted octanol–water partition coefficient (Wildman–Crippen LogP) is 0.900. The second-order valence-corrected chi connectivity index (χ2v) is 8.50. The van der Waals surface area contributed by atoms with Crippen molar-refractivity contribution in [3.8, 4) is 0 Å². The second kappa shape index (κ2) is 9.85. The van der Waals surface area contributed by atoms with Gasteiger partial charge in [-0.25, -0.2) is 9.37 Å². The van der Waals surface area contributed by atoms with Crippen LogP contribution >= 0.6 is 0 Å². The fourth-order valence-corrected chi connectivity index (χ4v) is 4.18. The number of nitrogens with zero attached hydrogens (tertiary/aromatic N) is 6. The SMILES string of the molecule is COCC(C)N1Cc2c(n(CC(=O)Nc3ccc(F)cn3)c3cc(C(=O)Nc4ccon4)nn3c2=O)C1=O. The largest absolute Gasteiger partial charge is 0.383 e. The van der Waals surface area contributed by atoms with Crippen LogP contribution < -0.4 is 16.2 Å². The van der Waals surface area contributed by atoms with E-state index >= 15 is 0 Å². The molecular weight excluding hydrogens is 503 g/mol. The highest BCUT2D eigenvalue weighted by atomic mass is 19.1. The van der Waals surface area contributed by atoms with Gasteiger partial charge in [0.2, 0.25) is 5.91 Å². The summed E-state index contributed by atoms with van der Waals surface area (Å²) in [6.07, 6.45) is 2.21. The smallest absolute Gasteiger partial charge is 0.280 e. The quantitative estimate of drug-likeness (QED) is 0.340. The van der Waals surface area contributed by atoms with Crippen LogP contribution in [-0.4, -0.2) is 66.7 Å². The molecule has 0 saturated carbocycles. The Morgan fingerprint density at radius 1 is 1.21 bits per heavy atom. The predicted molar refractivity (Wildman–Crippen MR) is 128 cm³/mol. The first kappa shape index (κ1) is 24.8. The number of rotatable bonds is 8. The van der Waals surface area contributed by atoms with Gasteiger partial charge in [0, 0.05) is 19.2 Å². The van der Waals surface area contributed by atoms with Crippen LogP contribution in [0.2, 0.25) is 0 Å². The zero-order valence-electron chi connectivity index (χ0n) is 20.2. The average molecular weight is 524 g/mol. The van der Waals surface area contributed by atoms with Crippen LogP contribution in [0.25, 0.3) is 5.65 Å². The normalized spacial score (nSPS) is 13.6. The number of pyridine rings is 1. The molecule has 1 unspecified atom stereocenters. The van der Waals surface area contributed by atoms with E-state index in [1.807, 2.05) is 0 Å². The average Bonchev–Trinajstić information content (AvgIpc) is 3.63.